The number of carbonyl (C=O) groups excluding carboxylic acids is 3. The molecule has 5 heterocycles. The van der Waals surface area contributed by atoms with Crippen LogP contribution in [0.4, 0.5) is 9.59 Å². The Balaban J connectivity index is 0.945. The number of rotatable bonds is 23. The minimum Gasteiger partial charge on any atom is -0.449 e. The Labute approximate surface area is 437 Å². The van der Waals surface area contributed by atoms with Gasteiger partial charge in [-0.1, -0.05) is 20.8 Å². The summed E-state index contributed by atoms with van der Waals surface area (Å²) in [5.41, 5.74) is -0.860. The SMILES string of the molecule is CCN1CCN(CC2(NC(=O)OCC(C)CC3CN(CC4(NC(=O)OCC5CC5)CCN(C(C)C)CC4)CCN3CC)CCN(C(C)C)CC2)C(C2CC2CC(=O)NC2(CN(C)C)CCN(C(C)C)CC2)C1. The van der Waals surface area contributed by atoms with E-state index in [1.165, 1.54) is 0 Å². The summed E-state index contributed by atoms with van der Waals surface area (Å²) in [5.74, 6) is 1.81. The number of piperazine rings is 2. The second kappa shape index (κ2) is 25.7. The van der Waals surface area contributed by atoms with Crippen molar-refractivity contribution in [2.24, 2.45) is 23.7 Å². The number of alkyl carbamates (subject to hydrolysis) is 2. The van der Waals surface area contributed by atoms with Gasteiger partial charge in [0.15, 0.2) is 0 Å². The van der Waals surface area contributed by atoms with Crippen molar-refractivity contribution >= 4 is 18.1 Å². The number of ether oxygens (including phenoxy) is 2. The maximum Gasteiger partial charge on any atom is 0.407 e. The van der Waals surface area contributed by atoms with Gasteiger partial charge in [0.2, 0.25) is 5.91 Å². The maximum absolute atomic E-state index is 14.2. The number of likely N-dealkylation sites (N-methyl/N-ethyl adjacent to an activating group) is 3. The van der Waals surface area contributed by atoms with Crippen LogP contribution in [-0.2, 0) is 14.3 Å². The minimum absolute atomic E-state index is 0.172. The van der Waals surface area contributed by atoms with Crippen LogP contribution in [0, 0.1) is 23.7 Å². The van der Waals surface area contributed by atoms with Gasteiger partial charge in [0, 0.05) is 135 Å². The molecule has 16 nitrogen and oxygen atoms in total. The molecule has 5 saturated heterocycles. The van der Waals surface area contributed by atoms with E-state index in [1.54, 1.807) is 0 Å². The molecule has 0 aromatic heterocycles. The Hall–Kier alpha value is -2.31. The molecule has 72 heavy (non-hydrogen) atoms. The van der Waals surface area contributed by atoms with E-state index in [9.17, 15) is 14.4 Å². The third-order valence-corrected chi connectivity index (χ3v) is 18.6. The van der Waals surface area contributed by atoms with E-state index >= 15 is 0 Å². The molecular weight excluding hydrogens is 907 g/mol. The number of hydrogen-bond acceptors (Lipinski definition) is 13. The summed E-state index contributed by atoms with van der Waals surface area (Å²) < 4.78 is 12.0. The third-order valence-electron chi connectivity index (χ3n) is 18.6. The van der Waals surface area contributed by atoms with Crippen LogP contribution in [0.15, 0.2) is 0 Å². The highest BCUT2D eigenvalue weighted by atomic mass is 16.6. The lowest BCUT2D eigenvalue weighted by molar-refractivity contribution is -0.124. The molecule has 2 saturated carbocycles. The van der Waals surface area contributed by atoms with E-state index in [4.69, 9.17) is 9.47 Å². The Morgan fingerprint density at radius 3 is 1.67 bits per heavy atom. The van der Waals surface area contributed by atoms with Gasteiger partial charge in [-0.2, -0.15) is 0 Å². The molecule has 3 N–H and O–H groups in total. The van der Waals surface area contributed by atoms with Crippen molar-refractivity contribution < 1.29 is 23.9 Å². The van der Waals surface area contributed by atoms with Crippen molar-refractivity contribution in [1.29, 1.82) is 0 Å². The van der Waals surface area contributed by atoms with Crippen LogP contribution in [0.25, 0.3) is 0 Å². The fraction of sp³-hybridized carbons (Fsp3) is 0.946. The van der Waals surface area contributed by atoms with E-state index in [2.05, 4.69) is 132 Å². The van der Waals surface area contributed by atoms with Crippen molar-refractivity contribution in [3.63, 3.8) is 0 Å². The molecule has 5 unspecified atom stereocenters. The first-order chi connectivity index (χ1) is 34.3. The molecule has 0 aromatic rings. The lowest BCUT2D eigenvalue weighted by Gasteiger charge is -2.49. The van der Waals surface area contributed by atoms with Gasteiger partial charge in [-0.3, -0.25) is 19.5 Å². The standard InChI is InChI=1S/C56H105N11O5/c1-12-61-28-31-67(50(36-61)49-33-47(49)34-51(68)57-54(39-60(10)11)16-22-64(23-17-54)42(3)4)41-56(20-26-66(27-21-56)44(7)8)59-52(69)71-37-45(9)32-48-35-62(29-30-63(48)13-2)40-55(18-24-65(25-19-55)43(5)6)58-53(70)72-38-46-14-15-46/h42-50H,12-41H2,1-11H3,(H,57,68)(H,58,70)(H,59,69). The van der Waals surface area contributed by atoms with Crippen LogP contribution in [0.5, 0.6) is 0 Å². The summed E-state index contributed by atoms with van der Waals surface area (Å²) in [5, 5.41) is 10.6. The molecule has 0 spiro atoms. The molecule has 7 rings (SSSR count). The van der Waals surface area contributed by atoms with E-state index < -0.39 is 0 Å². The second-order valence-electron chi connectivity index (χ2n) is 25.6. The molecule has 0 radical (unpaired) electrons. The van der Waals surface area contributed by atoms with Crippen LogP contribution in [-0.4, -0.2) is 243 Å². The number of nitrogens with zero attached hydrogens (tertiary/aromatic N) is 8. The number of amides is 3. The van der Waals surface area contributed by atoms with E-state index in [-0.39, 0.29) is 40.6 Å². The van der Waals surface area contributed by atoms with Crippen LogP contribution >= 0.6 is 0 Å². The summed E-state index contributed by atoms with van der Waals surface area (Å²) >= 11 is 0. The van der Waals surface area contributed by atoms with Crippen LogP contribution < -0.4 is 16.0 Å². The van der Waals surface area contributed by atoms with Gasteiger partial charge in [0.1, 0.15) is 0 Å². The van der Waals surface area contributed by atoms with Crippen molar-refractivity contribution in [3.8, 4) is 0 Å². The molecule has 0 aromatic carbocycles. The molecule has 2 aliphatic carbocycles. The van der Waals surface area contributed by atoms with Gasteiger partial charge in [-0.15, -0.1) is 0 Å². The summed E-state index contributed by atoms with van der Waals surface area (Å²) in [6.45, 7) is 37.6. The number of nitrogens with one attached hydrogen (secondary N) is 3. The topological polar surface area (TPSA) is 132 Å². The zero-order valence-corrected chi connectivity index (χ0v) is 47.5. The molecule has 414 valence electrons. The minimum atomic E-state index is -0.383. The maximum atomic E-state index is 14.2. The highest BCUT2D eigenvalue weighted by Crippen LogP contribution is 2.47. The molecule has 3 amide bonds. The number of hydrogen-bond donors (Lipinski definition) is 3. The highest BCUT2D eigenvalue weighted by molar-refractivity contribution is 5.77. The highest BCUT2D eigenvalue weighted by Gasteiger charge is 2.51. The van der Waals surface area contributed by atoms with Gasteiger partial charge in [0.25, 0.3) is 0 Å². The predicted octanol–water partition coefficient (Wildman–Crippen LogP) is 5.32. The number of likely N-dealkylation sites (tertiary alicyclic amines) is 3. The average molecular weight is 1010 g/mol. The van der Waals surface area contributed by atoms with Gasteiger partial charge >= 0.3 is 12.2 Å². The van der Waals surface area contributed by atoms with Crippen molar-refractivity contribution in [1.82, 2.24) is 55.1 Å². The molecule has 5 aliphatic heterocycles. The second-order valence-corrected chi connectivity index (χ2v) is 25.6. The lowest BCUT2D eigenvalue weighted by atomic mass is 9.85. The molecule has 7 fully saturated rings. The van der Waals surface area contributed by atoms with Gasteiger partial charge < -0.3 is 49.9 Å². The van der Waals surface area contributed by atoms with E-state index in [0.717, 1.165) is 175 Å². The fourth-order valence-corrected chi connectivity index (χ4v) is 13.6. The van der Waals surface area contributed by atoms with Crippen LogP contribution in [0.2, 0.25) is 0 Å². The molecule has 7 aliphatic rings. The average Bonchev–Trinajstić information content (AvgIpc) is 4.28. The first-order valence-electron chi connectivity index (χ1n) is 29.3. The van der Waals surface area contributed by atoms with Crippen molar-refractivity contribution in [3.05, 3.63) is 0 Å². The summed E-state index contributed by atoms with van der Waals surface area (Å²) in [4.78, 5) is 61.6. The fourth-order valence-electron chi connectivity index (χ4n) is 13.6. The zero-order chi connectivity index (χ0) is 51.8. The summed E-state index contributed by atoms with van der Waals surface area (Å²) in [6.07, 6.45) is 10.0. The first kappa shape index (κ1) is 57.4. The first-order valence-corrected chi connectivity index (χ1v) is 29.3. The summed E-state index contributed by atoms with van der Waals surface area (Å²) in [6, 6.07) is 2.17. The molecular formula is C56H105N11O5. The normalized spacial score (nSPS) is 28.6. The van der Waals surface area contributed by atoms with E-state index in [1.807, 2.05) is 0 Å². The smallest absolute Gasteiger partial charge is 0.407 e. The summed E-state index contributed by atoms with van der Waals surface area (Å²) in [7, 11) is 4.25. The Bertz CT molecular complexity index is 1710. The third kappa shape index (κ3) is 16.1. The molecule has 5 atom stereocenters. The lowest BCUT2D eigenvalue weighted by Crippen LogP contribution is -2.65. The largest absolute Gasteiger partial charge is 0.449 e. The zero-order valence-electron chi connectivity index (χ0n) is 47.5. The number of piperidine rings is 3. The van der Waals surface area contributed by atoms with Gasteiger partial charge in [-0.05, 0) is 157 Å². The quantitative estimate of drug-likeness (QED) is 0.122. The Morgan fingerprint density at radius 1 is 0.611 bits per heavy atom. The number of carbonyl (C=O) groups is 3. The molecule has 0 bridgehead atoms. The van der Waals surface area contributed by atoms with E-state index in [0.29, 0.717) is 67.6 Å². The Kier molecular flexibility index (Phi) is 20.5. The van der Waals surface area contributed by atoms with Crippen LogP contribution in [0.3, 0.4) is 0 Å². The predicted molar refractivity (Wildman–Crippen MR) is 289 cm³/mol. The van der Waals surface area contributed by atoms with Gasteiger partial charge in [0.05, 0.1) is 29.8 Å². The van der Waals surface area contributed by atoms with Crippen LogP contribution in [0.1, 0.15) is 133 Å². The monoisotopic (exact) mass is 1010 g/mol. The molecule has 16 heteroatoms. The Morgan fingerprint density at radius 2 is 1.14 bits per heavy atom. The van der Waals surface area contributed by atoms with Crippen molar-refractivity contribution in [2.75, 3.05) is 139 Å². The van der Waals surface area contributed by atoms with Crippen molar-refractivity contribution in [2.45, 2.75) is 180 Å². The van der Waals surface area contributed by atoms with Gasteiger partial charge in [-0.25, -0.2) is 9.59 Å².